The molecule has 0 saturated carbocycles. The third-order valence-electron chi connectivity index (χ3n) is 6.05. The average Bonchev–Trinajstić information content (AvgIpc) is 2.93. The number of pyridine rings is 1. The molecule has 8 heteroatoms. The van der Waals surface area contributed by atoms with Crippen molar-refractivity contribution in [2.24, 2.45) is 0 Å². The van der Waals surface area contributed by atoms with Crippen LogP contribution in [-0.2, 0) is 6.54 Å². The number of likely N-dealkylation sites (N-methyl/N-ethyl adjacent to an activating group) is 1. The molecule has 2 aromatic heterocycles. The van der Waals surface area contributed by atoms with Gasteiger partial charge in [0.25, 0.3) is 5.91 Å². The van der Waals surface area contributed by atoms with E-state index in [-0.39, 0.29) is 5.91 Å². The molecule has 0 saturated heterocycles. The molecule has 1 amide bonds. The molecule has 0 aliphatic carbocycles. The van der Waals surface area contributed by atoms with E-state index in [0.29, 0.717) is 17.2 Å². The van der Waals surface area contributed by atoms with Crippen LogP contribution < -0.4 is 10.6 Å². The number of nitrogens with zero attached hydrogens (tertiary/aromatic N) is 5. The summed E-state index contributed by atoms with van der Waals surface area (Å²) in [6, 6.07) is 25.2. The number of hydrogen-bond acceptors (Lipinski definition) is 7. The topological polar surface area (TPSA) is 86.3 Å². The number of aryl methyl sites for hydroxylation is 1. The molecule has 1 aliphatic heterocycles. The van der Waals surface area contributed by atoms with E-state index in [1.54, 1.807) is 18.6 Å². The minimum Gasteiger partial charge on any atom is -0.332 e. The predicted octanol–water partition coefficient (Wildman–Crippen LogP) is 4.51. The van der Waals surface area contributed by atoms with Gasteiger partial charge in [0.05, 0.1) is 12.2 Å². The maximum atomic E-state index is 12.9. The van der Waals surface area contributed by atoms with E-state index in [2.05, 4.69) is 42.6 Å². The minimum atomic E-state index is -0.171. The molecule has 0 spiro atoms. The monoisotopic (exact) mass is 489 g/mol. The highest BCUT2D eigenvalue weighted by atomic mass is 16.1. The lowest BCUT2D eigenvalue weighted by Crippen LogP contribution is -2.32. The Kier molecular flexibility index (Phi) is 6.95. The summed E-state index contributed by atoms with van der Waals surface area (Å²) in [5.41, 5.74) is 5.89. The van der Waals surface area contributed by atoms with E-state index in [0.717, 1.165) is 47.7 Å². The van der Waals surface area contributed by atoms with Gasteiger partial charge in [-0.2, -0.15) is 0 Å². The van der Waals surface area contributed by atoms with Crippen LogP contribution in [0.1, 0.15) is 21.5 Å². The van der Waals surface area contributed by atoms with Gasteiger partial charge in [-0.1, -0.05) is 18.2 Å². The largest absolute Gasteiger partial charge is 0.332 e. The zero-order valence-electron chi connectivity index (χ0n) is 20.8. The SMILES string of the molecule is Cc1ccc(NC(=O)c2ccc(CN3C#CN(C)CC3)cc2)cc1Nc1nccc(-c2cccnc2)n1. The summed E-state index contributed by atoms with van der Waals surface area (Å²) in [6.07, 6.45) is 5.20. The van der Waals surface area contributed by atoms with Crippen LogP contribution >= 0.6 is 0 Å². The fourth-order valence-electron chi connectivity index (χ4n) is 3.89. The first-order chi connectivity index (χ1) is 18.0. The quantitative estimate of drug-likeness (QED) is 0.370. The highest BCUT2D eigenvalue weighted by molar-refractivity contribution is 6.04. The molecule has 8 nitrogen and oxygen atoms in total. The standard InChI is InChI=1S/C29H27N7O/c1-21-5-10-25(18-27(21)34-29-31-13-11-26(33-29)24-4-3-12-30-19-24)32-28(37)23-8-6-22(7-9-23)20-36-16-14-35(2)15-17-36/h3-13,18-19H,14,16,20H2,1-2H3,(H,32,37)(H,31,33,34). The van der Waals surface area contributed by atoms with Crippen LogP contribution in [0.5, 0.6) is 0 Å². The van der Waals surface area contributed by atoms with Crippen LogP contribution in [0.4, 0.5) is 17.3 Å². The van der Waals surface area contributed by atoms with E-state index >= 15 is 0 Å². The van der Waals surface area contributed by atoms with Crippen LogP contribution in [0, 0.1) is 19.0 Å². The second-order valence-electron chi connectivity index (χ2n) is 8.88. The smallest absolute Gasteiger partial charge is 0.255 e. The van der Waals surface area contributed by atoms with Crippen molar-refractivity contribution in [3.63, 3.8) is 0 Å². The Hall–Kier alpha value is -4.90. The molecule has 0 unspecified atom stereocenters. The molecule has 0 radical (unpaired) electrons. The molecule has 37 heavy (non-hydrogen) atoms. The Bertz CT molecular complexity index is 1460. The van der Waals surface area contributed by atoms with Gasteiger partial charge in [-0.05, 0) is 60.5 Å². The molecule has 2 aromatic carbocycles. The lowest BCUT2D eigenvalue weighted by molar-refractivity contribution is 0.102. The van der Waals surface area contributed by atoms with E-state index in [4.69, 9.17) is 0 Å². The third-order valence-corrected chi connectivity index (χ3v) is 6.05. The molecular formula is C29H27N7O. The fraction of sp³-hybridized carbons (Fsp3) is 0.172. The summed E-state index contributed by atoms with van der Waals surface area (Å²) in [5, 5.41) is 6.26. The maximum Gasteiger partial charge on any atom is 0.255 e. The van der Waals surface area contributed by atoms with Crippen LogP contribution in [0.25, 0.3) is 11.3 Å². The van der Waals surface area contributed by atoms with E-state index < -0.39 is 0 Å². The van der Waals surface area contributed by atoms with Crippen molar-refractivity contribution >= 4 is 23.2 Å². The van der Waals surface area contributed by atoms with Gasteiger partial charge >= 0.3 is 0 Å². The second kappa shape index (κ2) is 10.8. The molecule has 0 fully saturated rings. The molecule has 4 aromatic rings. The fourth-order valence-corrected chi connectivity index (χ4v) is 3.89. The Morgan fingerprint density at radius 3 is 2.65 bits per heavy atom. The summed E-state index contributed by atoms with van der Waals surface area (Å²) in [6.45, 7) is 4.54. The zero-order chi connectivity index (χ0) is 25.6. The Labute approximate surface area is 216 Å². The minimum absolute atomic E-state index is 0.171. The van der Waals surface area contributed by atoms with Crippen molar-refractivity contribution in [3.8, 4) is 23.3 Å². The number of carbonyl (C=O) groups excluding carboxylic acids is 1. The van der Waals surface area contributed by atoms with Gasteiger partial charge in [0.15, 0.2) is 0 Å². The van der Waals surface area contributed by atoms with Crippen molar-refractivity contribution in [1.29, 1.82) is 0 Å². The second-order valence-corrected chi connectivity index (χ2v) is 8.88. The van der Waals surface area contributed by atoms with Gasteiger partial charge in [0.1, 0.15) is 0 Å². The number of aromatic nitrogens is 3. The zero-order valence-corrected chi connectivity index (χ0v) is 20.8. The Morgan fingerprint density at radius 2 is 1.89 bits per heavy atom. The number of hydrogen-bond donors (Lipinski definition) is 2. The number of anilines is 3. The van der Waals surface area contributed by atoms with Crippen LogP contribution in [-0.4, -0.2) is 50.8 Å². The van der Waals surface area contributed by atoms with E-state index in [9.17, 15) is 4.79 Å². The molecule has 3 heterocycles. The Balaban J connectivity index is 1.25. The normalized spacial score (nSPS) is 12.5. The van der Waals surface area contributed by atoms with Crippen LogP contribution in [0.2, 0.25) is 0 Å². The van der Waals surface area contributed by atoms with Crippen molar-refractivity contribution in [1.82, 2.24) is 24.8 Å². The molecular weight excluding hydrogens is 462 g/mol. The molecule has 5 rings (SSSR count). The van der Waals surface area contributed by atoms with Gasteiger partial charge in [-0.25, -0.2) is 9.97 Å². The molecule has 2 N–H and O–H groups in total. The number of benzene rings is 2. The summed E-state index contributed by atoms with van der Waals surface area (Å²) in [5.74, 6) is 0.295. The highest BCUT2D eigenvalue weighted by Gasteiger charge is 2.11. The van der Waals surface area contributed by atoms with Crippen molar-refractivity contribution in [2.45, 2.75) is 13.5 Å². The first-order valence-corrected chi connectivity index (χ1v) is 12.0. The molecule has 1 aliphatic rings. The molecule has 0 atom stereocenters. The number of nitrogens with one attached hydrogen (secondary N) is 2. The van der Waals surface area contributed by atoms with Gasteiger partial charge in [-0.15, -0.1) is 0 Å². The maximum absolute atomic E-state index is 12.9. The van der Waals surface area contributed by atoms with Crippen molar-refractivity contribution in [3.05, 3.63) is 95.9 Å². The lowest BCUT2D eigenvalue weighted by atomic mass is 10.1. The summed E-state index contributed by atoms with van der Waals surface area (Å²) < 4.78 is 0. The van der Waals surface area contributed by atoms with Gasteiger partial charge < -0.3 is 20.4 Å². The third kappa shape index (κ3) is 6.03. The number of carbonyl (C=O) groups is 1. The average molecular weight is 490 g/mol. The summed E-state index contributed by atoms with van der Waals surface area (Å²) in [7, 11) is 1.99. The van der Waals surface area contributed by atoms with Gasteiger partial charge in [0, 0.05) is 73.3 Å². The molecule has 0 bridgehead atoms. The lowest BCUT2D eigenvalue weighted by Gasteiger charge is -2.24. The van der Waals surface area contributed by atoms with Crippen LogP contribution in [0.15, 0.2) is 79.3 Å². The summed E-state index contributed by atoms with van der Waals surface area (Å²) in [4.78, 5) is 30.1. The Morgan fingerprint density at radius 1 is 1.03 bits per heavy atom. The van der Waals surface area contributed by atoms with Crippen molar-refractivity contribution in [2.75, 3.05) is 30.8 Å². The molecule has 184 valence electrons. The van der Waals surface area contributed by atoms with Gasteiger partial charge in [-0.3, -0.25) is 9.78 Å². The predicted molar refractivity (Wildman–Crippen MR) is 145 cm³/mol. The van der Waals surface area contributed by atoms with Crippen molar-refractivity contribution < 1.29 is 4.79 Å². The number of rotatable bonds is 7. The first kappa shape index (κ1) is 23.8. The van der Waals surface area contributed by atoms with Gasteiger partial charge in [0.2, 0.25) is 5.95 Å². The highest BCUT2D eigenvalue weighted by Crippen LogP contribution is 2.24. The van der Waals surface area contributed by atoms with E-state index in [1.165, 1.54) is 0 Å². The summed E-state index contributed by atoms with van der Waals surface area (Å²) >= 11 is 0. The van der Waals surface area contributed by atoms with Crippen LogP contribution in [0.3, 0.4) is 0 Å². The van der Waals surface area contributed by atoms with E-state index in [1.807, 2.05) is 79.5 Å². The number of amides is 1. The first-order valence-electron chi connectivity index (χ1n) is 12.0.